The first-order valence-electron chi connectivity index (χ1n) is 9.59. The second-order valence-corrected chi connectivity index (χ2v) is 9.83. The molecule has 0 radical (unpaired) electrons. The number of hydrogen-bond donors (Lipinski definition) is 0. The van der Waals surface area contributed by atoms with Crippen LogP contribution >= 0.6 is 38.9 Å². The standard InChI is InChI=1S/C20H15BrClF3N4OS/c21-11-8-13(20(23,24)25)17-27-15(16(22)29(17)9-11)19(30)28-5-3-12(18-26-4-6-31-18)14(28)7-10-1-2-10/h3-4,6,8-10,14H,1-2,5,7H2. The highest BCUT2D eigenvalue weighted by molar-refractivity contribution is 9.10. The third kappa shape index (κ3) is 3.78. The SMILES string of the molecule is O=C(c1nc2c(C(F)(F)F)cc(Br)cn2c1Cl)N1CC=C(c2nccs2)C1CC1CC1. The van der Waals surface area contributed by atoms with Gasteiger partial charge < -0.3 is 4.90 Å². The van der Waals surface area contributed by atoms with E-state index in [1.807, 2.05) is 11.5 Å². The van der Waals surface area contributed by atoms with Gasteiger partial charge >= 0.3 is 6.18 Å². The topological polar surface area (TPSA) is 50.5 Å². The summed E-state index contributed by atoms with van der Waals surface area (Å²) in [7, 11) is 0. The summed E-state index contributed by atoms with van der Waals surface area (Å²) in [5.41, 5.74) is -0.552. The van der Waals surface area contributed by atoms with E-state index in [1.54, 1.807) is 11.1 Å². The van der Waals surface area contributed by atoms with Crippen LogP contribution in [0.3, 0.4) is 0 Å². The van der Waals surface area contributed by atoms with Crippen LogP contribution in [0.15, 0.2) is 34.4 Å². The van der Waals surface area contributed by atoms with Crippen LogP contribution in [-0.2, 0) is 6.18 Å². The quantitative estimate of drug-likeness (QED) is 0.419. The number of halogens is 5. The van der Waals surface area contributed by atoms with Gasteiger partial charge in [0.1, 0.15) is 10.2 Å². The minimum absolute atomic E-state index is 0.139. The van der Waals surface area contributed by atoms with E-state index in [0.717, 1.165) is 40.3 Å². The molecular weight excluding hydrogens is 517 g/mol. The van der Waals surface area contributed by atoms with Crippen LogP contribution in [-0.4, -0.2) is 37.8 Å². The Morgan fingerprint density at radius 3 is 2.77 bits per heavy atom. The van der Waals surface area contributed by atoms with Crippen LogP contribution in [0.2, 0.25) is 5.15 Å². The molecule has 0 N–H and O–H groups in total. The first kappa shape index (κ1) is 21.0. The molecule has 1 fully saturated rings. The minimum Gasteiger partial charge on any atom is -0.326 e. The Kier molecular flexibility index (Phi) is 5.14. The first-order chi connectivity index (χ1) is 14.7. The molecule has 0 saturated heterocycles. The summed E-state index contributed by atoms with van der Waals surface area (Å²) >= 11 is 10.9. The van der Waals surface area contributed by atoms with Gasteiger partial charge in [-0.15, -0.1) is 11.3 Å². The lowest BCUT2D eigenvalue weighted by atomic mass is 10.0. The third-order valence-electron chi connectivity index (χ3n) is 5.57. The fourth-order valence-corrected chi connectivity index (χ4v) is 5.35. The van der Waals surface area contributed by atoms with Crippen LogP contribution in [0.5, 0.6) is 0 Å². The molecule has 5 rings (SSSR count). The fraction of sp³-hybridized carbons (Fsp3) is 0.350. The fourth-order valence-electron chi connectivity index (χ4n) is 3.94. The van der Waals surface area contributed by atoms with Crippen molar-refractivity contribution in [3.8, 4) is 0 Å². The molecule has 31 heavy (non-hydrogen) atoms. The second kappa shape index (κ2) is 7.60. The largest absolute Gasteiger partial charge is 0.420 e. The van der Waals surface area contributed by atoms with Crippen LogP contribution in [0.4, 0.5) is 13.2 Å². The highest BCUT2D eigenvalue weighted by atomic mass is 79.9. The number of aromatic nitrogens is 3. The summed E-state index contributed by atoms with van der Waals surface area (Å²) in [6.45, 7) is 0.338. The van der Waals surface area contributed by atoms with Crippen molar-refractivity contribution < 1.29 is 18.0 Å². The van der Waals surface area contributed by atoms with Gasteiger partial charge in [-0.25, -0.2) is 9.97 Å². The number of alkyl halides is 3. The van der Waals surface area contributed by atoms with Gasteiger partial charge in [0, 0.05) is 34.4 Å². The van der Waals surface area contributed by atoms with Gasteiger partial charge in [0.05, 0.1) is 11.6 Å². The van der Waals surface area contributed by atoms with Crippen molar-refractivity contribution in [2.75, 3.05) is 6.54 Å². The maximum atomic E-state index is 13.5. The maximum Gasteiger partial charge on any atom is 0.420 e. The molecule has 2 aliphatic rings. The van der Waals surface area contributed by atoms with Crippen molar-refractivity contribution in [2.24, 2.45) is 5.92 Å². The first-order valence-corrected chi connectivity index (χ1v) is 11.6. The van der Waals surface area contributed by atoms with Crippen LogP contribution < -0.4 is 0 Å². The Hall–Kier alpha value is -1.91. The summed E-state index contributed by atoms with van der Waals surface area (Å²) in [6.07, 6.45) is 3.44. The zero-order valence-corrected chi connectivity index (χ0v) is 19.0. The Morgan fingerprint density at radius 1 is 1.35 bits per heavy atom. The average Bonchev–Trinajstić information content (AvgIpc) is 3.09. The lowest BCUT2D eigenvalue weighted by Gasteiger charge is -2.26. The number of thiazole rings is 1. The monoisotopic (exact) mass is 530 g/mol. The van der Waals surface area contributed by atoms with Crippen molar-refractivity contribution >= 4 is 56.0 Å². The number of fused-ring (bicyclic) bond motifs is 1. The van der Waals surface area contributed by atoms with Crippen molar-refractivity contribution in [1.29, 1.82) is 0 Å². The van der Waals surface area contributed by atoms with Crippen molar-refractivity contribution in [3.05, 3.63) is 55.8 Å². The maximum absolute atomic E-state index is 13.5. The second-order valence-electron chi connectivity index (χ2n) is 7.66. The molecule has 5 nitrogen and oxygen atoms in total. The van der Waals surface area contributed by atoms with Gasteiger partial charge in [-0.05, 0) is 34.3 Å². The molecule has 11 heteroatoms. The van der Waals surface area contributed by atoms with E-state index < -0.39 is 23.3 Å². The zero-order chi connectivity index (χ0) is 21.9. The van der Waals surface area contributed by atoms with E-state index in [2.05, 4.69) is 25.9 Å². The lowest BCUT2D eigenvalue weighted by molar-refractivity contribution is -0.136. The van der Waals surface area contributed by atoms with Gasteiger partial charge in [-0.1, -0.05) is 30.5 Å². The van der Waals surface area contributed by atoms with E-state index in [-0.39, 0.29) is 21.4 Å². The van der Waals surface area contributed by atoms with Crippen LogP contribution in [0.1, 0.15) is 40.3 Å². The van der Waals surface area contributed by atoms with Gasteiger partial charge in [0.2, 0.25) is 0 Å². The Morgan fingerprint density at radius 2 is 2.13 bits per heavy atom. The number of carbonyl (C=O) groups excluding carboxylic acids is 1. The Bertz CT molecular complexity index is 1200. The molecule has 1 aliphatic heterocycles. The van der Waals surface area contributed by atoms with Crippen LogP contribution in [0, 0.1) is 5.92 Å². The number of nitrogens with zero attached hydrogens (tertiary/aromatic N) is 4. The van der Waals surface area contributed by atoms with E-state index in [9.17, 15) is 18.0 Å². The number of hydrogen-bond acceptors (Lipinski definition) is 4. The molecule has 1 amide bonds. The predicted octanol–water partition coefficient (Wildman–Crippen LogP) is 5.93. The van der Waals surface area contributed by atoms with Crippen molar-refractivity contribution in [2.45, 2.75) is 31.5 Å². The van der Waals surface area contributed by atoms with Gasteiger partial charge in [0.25, 0.3) is 5.91 Å². The lowest BCUT2D eigenvalue weighted by Crippen LogP contribution is -2.38. The van der Waals surface area contributed by atoms with Gasteiger partial charge in [-0.3, -0.25) is 9.20 Å². The van der Waals surface area contributed by atoms with Crippen molar-refractivity contribution in [3.63, 3.8) is 0 Å². The molecule has 3 aromatic heterocycles. The molecule has 0 aromatic carbocycles. The zero-order valence-electron chi connectivity index (χ0n) is 15.9. The molecule has 1 aliphatic carbocycles. The van der Waals surface area contributed by atoms with E-state index in [4.69, 9.17) is 11.6 Å². The van der Waals surface area contributed by atoms with E-state index >= 15 is 0 Å². The van der Waals surface area contributed by atoms with E-state index in [0.29, 0.717) is 12.5 Å². The summed E-state index contributed by atoms with van der Waals surface area (Å²) in [5.74, 6) is 0.0532. The smallest absolute Gasteiger partial charge is 0.326 e. The molecule has 0 spiro atoms. The highest BCUT2D eigenvalue weighted by Crippen LogP contribution is 2.42. The van der Waals surface area contributed by atoms with Crippen LogP contribution in [0.25, 0.3) is 11.2 Å². The molecule has 1 unspecified atom stereocenters. The molecule has 3 aromatic rings. The molecule has 162 valence electrons. The number of imidazole rings is 1. The summed E-state index contributed by atoms with van der Waals surface area (Å²) in [5, 5.41) is 2.59. The minimum atomic E-state index is -4.64. The van der Waals surface area contributed by atoms with E-state index in [1.165, 1.54) is 17.5 Å². The third-order valence-corrected chi connectivity index (χ3v) is 7.19. The average molecular weight is 532 g/mol. The number of pyridine rings is 1. The molecule has 4 heterocycles. The summed E-state index contributed by atoms with van der Waals surface area (Å²) in [4.78, 5) is 23.5. The molecule has 1 saturated carbocycles. The Balaban J connectivity index is 1.54. The molecule has 1 atom stereocenters. The van der Waals surface area contributed by atoms with Gasteiger partial charge in [0.15, 0.2) is 11.3 Å². The van der Waals surface area contributed by atoms with Gasteiger partial charge in [-0.2, -0.15) is 13.2 Å². The predicted molar refractivity (Wildman–Crippen MR) is 115 cm³/mol. The number of rotatable bonds is 4. The Labute approximate surface area is 192 Å². The summed E-state index contributed by atoms with van der Waals surface area (Å²) < 4.78 is 41.9. The molecular formula is C20H15BrClF3N4OS. The number of amides is 1. The number of carbonyl (C=O) groups is 1. The molecule has 0 bridgehead atoms. The highest BCUT2D eigenvalue weighted by Gasteiger charge is 2.40. The van der Waals surface area contributed by atoms with Crippen molar-refractivity contribution in [1.82, 2.24) is 19.3 Å². The summed E-state index contributed by atoms with van der Waals surface area (Å²) in [6, 6.07) is 0.738. The normalized spacial score (nSPS) is 19.3.